The van der Waals surface area contributed by atoms with Gasteiger partial charge in [-0.15, -0.1) is 24.0 Å². The molecule has 0 spiro atoms. The molecule has 0 aliphatic heterocycles. The van der Waals surface area contributed by atoms with Crippen molar-refractivity contribution in [3.05, 3.63) is 0 Å². The van der Waals surface area contributed by atoms with Crippen LogP contribution < -0.4 is 5.32 Å². The maximum Gasteiger partial charge on any atom is 0.00670 e. The van der Waals surface area contributed by atoms with E-state index in [1.54, 1.807) is 0 Å². The van der Waals surface area contributed by atoms with Gasteiger partial charge in [-0.05, 0) is 25.8 Å². The normalized spacial score (nSPS) is 17.8. The molecule has 0 saturated heterocycles. The SMILES string of the molecule is CCCCCCNC1CCCCC1.I. The number of hydrogen-bond donors (Lipinski definition) is 1. The summed E-state index contributed by atoms with van der Waals surface area (Å²) in [6.45, 7) is 3.53. The highest BCUT2D eigenvalue weighted by Gasteiger charge is 2.11. The highest BCUT2D eigenvalue weighted by molar-refractivity contribution is 14.0. The molecular weight excluding hydrogens is 285 g/mol. The van der Waals surface area contributed by atoms with Crippen molar-refractivity contribution in [3.63, 3.8) is 0 Å². The smallest absolute Gasteiger partial charge is 0.00670 e. The highest BCUT2D eigenvalue weighted by atomic mass is 127. The third-order valence-electron chi connectivity index (χ3n) is 3.07. The van der Waals surface area contributed by atoms with E-state index in [4.69, 9.17) is 0 Å². The monoisotopic (exact) mass is 311 g/mol. The number of unbranched alkanes of at least 4 members (excludes halogenated alkanes) is 3. The van der Waals surface area contributed by atoms with E-state index in [2.05, 4.69) is 12.2 Å². The third kappa shape index (κ3) is 7.04. The van der Waals surface area contributed by atoms with Crippen LogP contribution in [0.15, 0.2) is 0 Å². The Balaban J connectivity index is 0.00000169. The van der Waals surface area contributed by atoms with Crippen molar-refractivity contribution in [1.29, 1.82) is 0 Å². The van der Waals surface area contributed by atoms with Gasteiger partial charge < -0.3 is 5.32 Å². The molecule has 1 nitrogen and oxygen atoms in total. The minimum absolute atomic E-state index is 0. The molecule has 0 atom stereocenters. The van der Waals surface area contributed by atoms with Crippen molar-refractivity contribution in [2.75, 3.05) is 6.54 Å². The molecule has 0 radical (unpaired) electrons. The van der Waals surface area contributed by atoms with E-state index in [0.717, 1.165) is 6.04 Å². The van der Waals surface area contributed by atoms with Crippen LogP contribution in [-0.2, 0) is 0 Å². The molecule has 0 amide bonds. The van der Waals surface area contributed by atoms with Gasteiger partial charge in [0.25, 0.3) is 0 Å². The van der Waals surface area contributed by atoms with Gasteiger partial charge in [-0.2, -0.15) is 0 Å². The number of halogens is 1. The molecule has 14 heavy (non-hydrogen) atoms. The van der Waals surface area contributed by atoms with Crippen molar-refractivity contribution in [3.8, 4) is 0 Å². The summed E-state index contributed by atoms with van der Waals surface area (Å²) in [6, 6.07) is 0.857. The van der Waals surface area contributed by atoms with E-state index in [0.29, 0.717) is 0 Å². The van der Waals surface area contributed by atoms with Gasteiger partial charge in [0, 0.05) is 6.04 Å². The molecule has 0 heterocycles. The predicted molar refractivity (Wildman–Crippen MR) is 74.4 cm³/mol. The fraction of sp³-hybridized carbons (Fsp3) is 1.00. The molecule has 0 unspecified atom stereocenters. The second-order valence-corrected chi connectivity index (χ2v) is 4.35. The fourth-order valence-corrected chi connectivity index (χ4v) is 2.16. The minimum atomic E-state index is 0. The minimum Gasteiger partial charge on any atom is -0.314 e. The predicted octanol–water partition coefficient (Wildman–Crippen LogP) is 4.11. The molecule has 1 fully saturated rings. The summed E-state index contributed by atoms with van der Waals surface area (Å²) in [6.07, 6.45) is 12.8. The van der Waals surface area contributed by atoms with Crippen molar-refractivity contribution < 1.29 is 0 Å². The molecule has 1 rings (SSSR count). The number of hydrogen-bond acceptors (Lipinski definition) is 1. The summed E-state index contributed by atoms with van der Waals surface area (Å²) in [5.74, 6) is 0. The first-order chi connectivity index (χ1) is 6.43. The van der Waals surface area contributed by atoms with Crippen LogP contribution in [0.5, 0.6) is 0 Å². The molecule has 2 heteroatoms. The zero-order chi connectivity index (χ0) is 9.36. The van der Waals surface area contributed by atoms with Gasteiger partial charge in [-0.1, -0.05) is 45.4 Å². The topological polar surface area (TPSA) is 12.0 Å². The second-order valence-electron chi connectivity index (χ2n) is 4.35. The van der Waals surface area contributed by atoms with Gasteiger partial charge in [0.05, 0.1) is 0 Å². The molecule has 1 N–H and O–H groups in total. The Kier molecular flexibility index (Phi) is 10.7. The summed E-state index contributed by atoms with van der Waals surface area (Å²) in [7, 11) is 0. The van der Waals surface area contributed by atoms with Gasteiger partial charge in [-0.25, -0.2) is 0 Å². The average Bonchev–Trinajstić information content (AvgIpc) is 2.19. The molecule has 86 valence electrons. The van der Waals surface area contributed by atoms with E-state index < -0.39 is 0 Å². The number of rotatable bonds is 6. The Hall–Kier alpha value is 0.690. The lowest BCUT2D eigenvalue weighted by atomic mass is 9.95. The Labute approximate surface area is 106 Å². The van der Waals surface area contributed by atoms with E-state index in [1.807, 2.05) is 0 Å². The van der Waals surface area contributed by atoms with Crippen LogP contribution in [0, 0.1) is 0 Å². The summed E-state index contributed by atoms with van der Waals surface area (Å²) < 4.78 is 0. The first-order valence-electron chi connectivity index (χ1n) is 6.17. The zero-order valence-electron chi connectivity index (χ0n) is 9.56. The van der Waals surface area contributed by atoms with Crippen molar-refractivity contribution in [2.45, 2.75) is 70.8 Å². The largest absolute Gasteiger partial charge is 0.314 e. The fourth-order valence-electron chi connectivity index (χ4n) is 2.16. The van der Waals surface area contributed by atoms with Gasteiger partial charge in [0.1, 0.15) is 0 Å². The lowest BCUT2D eigenvalue weighted by Crippen LogP contribution is -2.31. The maximum atomic E-state index is 3.68. The molecule has 0 aromatic rings. The average molecular weight is 311 g/mol. The van der Waals surface area contributed by atoms with Gasteiger partial charge >= 0.3 is 0 Å². The summed E-state index contributed by atoms with van der Waals surface area (Å²) >= 11 is 0. The second kappa shape index (κ2) is 10.2. The summed E-state index contributed by atoms with van der Waals surface area (Å²) in [5, 5.41) is 3.68. The summed E-state index contributed by atoms with van der Waals surface area (Å²) in [4.78, 5) is 0. The van der Waals surface area contributed by atoms with E-state index >= 15 is 0 Å². The van der Waals surface area contributed by atoms with Gasteiger partial charge in [0.15, 0.2) is 0 Å². The van der Waals surface area contributed by atoms with Crippen LogP contribution in [0.1, 0.15) is 64.7 Å². The lowest BCUT2D eigenvalue weighted by molar-refractivity contribution is 0.370. The van der Waals surface area contributed by atoms with E-state index in [-0.39, 0.29) is 24.0 Å². The molecule has 1 aliphatic rings. The molecular formula is C12H26IN. The first-order valence-corrected chi connectivity index (χ1v) is 6.17. The molecule has 0 bridgehead atoms. The van der Waals surface area contributed by atoms with Crippen molar-refractivity contribution in [1.82, 2.24) is 5.32 Å². The first kappa shape index (κ1) is 14.7. The lowest BCUT2D eigenvalue weighted by Gasteiger charge is -2.22. The maximum absolute atomic E-state index is 3.68. The highest BCUT2D eigenvalue weighted by Crippen LogP contribution is 2.17. The van der Waals surface area contributed by atoms with Crippen LogP contribution in [0.25, 0.3) is 0 Å². The van der Waals surface area contributed by atoms with Gasteiger partial charge in [0.2, 0.25) is 0 Å². The Morgan fingerprint density at radius 3 is 2.36 bits per heavy atom. The third-order valence-corrected chi connectivity index (χ3v) is 3.07. The standard InChI is InChI=1S/C12H25N.HI/c1-2-3-4-8-11-13-12-9-6-5-7-10-12;/h12-13H,2-11H2,1H3;1H. The van der Waals surface area contributed by atoms with Crippen LogP contribution in [0.4, 0.5) is 0 Å². The van der Waals surface area contributed by atoms with E-state index in [9.17, 15) is 0 Å². The van der Waals surface area contributed by atoms with Crippen LogP contribution in [0.3, 0.4) is 0 Å². The Bertz CT molecular complexity index is 111. The quantitative estimate of drug-likeness (QED) is 0.575. The zero-order valence-corrected chi connectivity index (χ0v) is 11.9. The van der Waals surface area contributed by atoms with Crippen LogP contribution >= 0.6 is 24.0 Å². The van der Waals surface area contributed by atoms with Gasteiger partial charge in [-0.3, -0.25) is 0 Å². The molecule has 0 aromatic carbocycles. The molecule has 1 saturated carbocycles. The van der Waals surface area contributed by atoms with Crippen molar-refractivity contribution >= 4 is 24.0 Å². The van der Waals surface area contributed by atoms with Crippen LogP contribution in [-0.4, -0.2) is 12.6 Å². The van der Waals surface area contributed by atoms with Crippen molar-refractivity contribution in [2.24, 2.45) is 0 Å². The van der Waals surface area contributed by atoms with Crippen LogP contribution in [0.2, 0.25) is 0 Å². The molecule has 1 aliphatic carbocycles. The summed E-state index contributed by atoms with van der Waals surface area (Å²) in [5.41, 5.74) is 0. The Morgan fingerprint density at radius 1 is 1.00 bits per heavy atom. The number of nitrogens with one attached hydrogen (secondary N) is 1. The molecule has 0 aromatic heterocycles. The van der Waals surface area contributed by atoms with E-state index in [1.165, 1.54) is 64.3 Å². The Morgan fingerprint density at radius 2 is 1.71 bits per heavy atom.